The molecule has 5 rings (SSSR count). The van der Waals surface area contributed by atoms with Crippen LogP contribution in [0.5, 0.6) is 17.2 Å². The summed E-state index contributed by atoms with van der Waals surface area (Å²) < 4.78 is 24.3. The molecule has 8 heteroatoms. The zero-order valence-electron chi connectivity index (χ0n) is 16.2. The van der Waals surface area contributed by atoms with Crippen molar-refractivity contribution in [3.8, 4) is 17.2 Å². The van der Waals surface area contributed by atoms with Crippen molar-refractivity contribution >= 4 is 22.6 Å². The third-order valence-corrected chi connectivity index (χ3v) is 4.80. The number of hydrogen-bond donors (Lipinski definition) is 1. The summed E-state index contributed by atoms with van der Waals surface area (Å²) in [7, 11) is 1.56. The number of rotatable bonds is 5. The van der Waals surface area contributed by atoms with E-state index in [1.807, 2.05) is 36.4 Å². The molecule has 0 aliphatic carbocycles. The highest BCUT2D eigenvalue weighted by atomic mass is 16.6. The molecule has 1 amide bonds. The monoisotopic (exact) mass is 405 g/mol. The number of nitrogens with one attached hydrogen (secondary N) is 1. The number of anilines is 1. The predicted molar refractivity (Wildman–Crippen MR) is 109 cm³/mol. The molecule has 1 aliphatic rings. The normalized spacial score (nSPS) is 15.2. The van der Waals surface area contributed by atoms with E-state index in [0.29, 0.717) is 30.2 Å². The van der Waals surface area contributed by atoms with E-state index in [9.17, 15) is 4.79 Å². The zero-order chi connectivity index (χ0) is 20.5. The molecule has 2 aromatic heterocycles. The van der Waals surface area contributed by atoms with Crippen molar-refractivity contribution in [3.63, 3.8) is 0 Å². The number of benzene rings is 2. The number of para-hydroxylation sites is 3. The average molecular weight is 405 g/mol. The number of nitrogens with zero attached hydrogens (tertiary/aromatic N) is 2. The van der Waals surface area contributed by atoms with Crippen LogP contribution >= 0.6 is 0 Å². The molecule has 0 unspecified atom stereocenters. The molecule has 3 heterocycles. The molecule has 152 valence electrons. The van der Waals surface area contributed by atoms with Crippen molar-refractivity contribution in [1.29, 1.82) is 0 Å². The van der Waals surface area contributed by atoms with Crippen LogP contribution in [0.15, 0.2) is 65.3 Å². The van der Waals surface area contributed by atoms with Crippen LogP contribution in [0.1, 0.15) is 10.6 Å². The second kappa shape index (κ2) is 7.47. The van der Waals surface area contributed by atoms with Gasteiger partial charge in [-0.1, -0.05) is 24.3 Å². The van der Waals surface area contributed by atoms with Gasteiger partial charge in [-0.3, -0.25) is 9.48 Å². The number of furan rings is 1. The first-order valence-electron chi connectivity index (χ1n) is 9.48. The number of carbonyl (C=O) groups is 1. The molecule has 1 N–H and O–H groups in total. The second-order valence-electron chi connectivity index (χ2n) is 6.89. The summed E-state index contributed by atoms with van der Waals surface area (Å²) in [6.45, 7) is 0.922. The maximum Gasteiger partial charge on any atom is 0.291 e. The molecule has 1 aliphatic heterocycles. The molecular weight excluding hydrogens is 386 g/mol. The molecule has 0 fully saturated rings. The maximum absolute atomic E-state index is 12.6. The van der Waals surface area contributed by atoms with Crippen molar-refractivity contribution < 1.29 is 23.4 Å². The Labute approximate surface area is 171 Å². The van der Waals surface area contributed by atoms with Crippen LogP contribution in [-0.2, 0) is 6.54 Å². The molecule has 0 saturated heterocycles. The largest absolute Gasteiger partial charge is 0.493 e. The second-order valence-corrected chi connectivity index (χ2v) is 6.89. The Morgan fingerprint density at radius 1 is 1.23 bits per heavy atom. The Morgan fingerprint density at radius 2 is 2.10 bits per heavy atom. The quantitative estimate of drug-likeness (QED) is 0.544. The number of hydrogen-bond acceptors (Lipinski definition) is 6. The van der Waals surface area contributed by atoms with Gasteiger partial charge in [-0.25, -0.2) is 0 Å². The molecule has 0 bridgehead atoms. The Morgan fingerprint density at radius 3 is 2.97 bits per heavy atom. The van der Waals surface area contributed by atoms with E-state index in [0.717, 1.165) is 16.9 Å². The van der Waals surface area contributed by atoms with Gasteiger partial charge in [0.1, 0.15) is 6.61 Å². The van der Waals surface area contributed by atoms with E-state index < -0.39 is 0 Å². The van der Waals surface area contributed by atoms with Crippen LogP contribution in [0.25, 0.3) is 11.0 Å². The summed E-state index contributed by atoms with van der Waals surface area (Å²) >= 11 is 0. The highest BCUT2D eigenvalue weighted by Crippen LogP contribution is 2.31. The Hall–Kier alpha value is -3.94. The first-order chi connectivity index (χ1) is 14.7. The molecule has 0 saturated carbocycles. The van der Waals surface area contributed by atoms with E-state index in [2.05, 4.69) is 10.4 Å². The van der Waals surface area contributed by atoms with Crippen molar-refractivity contribution in [1.82, 2.24) is 9.78 Å². The summed E-state index contributed by atoms with van der Waals surface area (Å²) in [5, 5.41) is 7.90. The van der Waals surface area contributed by atoms with Gasteiger partial charge in [-0.05, 0) is 24.3 Å². The van der Waals surface area contributed by atoms with Gasteiger partial charge in [0.15, 0.2) is 34.7 Å². The fourth-order valence-corrected chi connectivity index (χ4v) is 3.39. The van der Waals surface area contributed by atoms with Crippen LogP contribution in [0, 0.1) is 0 Å². The smallest absolute Gasteiger partial charge is 0.291 e. The van der Waals surface area contributed by atoms with Gasteiger partial charge >= 0.3 is 0 Å². The third kappa shape index (κ3) is 3.43. The number of amides is 1. The average Bonchev–Trinajstić information content (AvgIpc) is 3.40. The first-order valence-corrected chi connectivity index (χ1v) is 9.48. The highest BCUT2D eigenvalue weighted by molar-refractivity contribution is 6.05. The van der Waals surface area contributed by atoms with Gasteiger partial charge in [0.2, 0.25) is 0 Å². The fourth-order valence-electron chi connectivity index (χ4n) is 3.39. The topological polar surface area (TPSA) is 87.8 Å². The number of aromatic nitrogens is 2. The summed E-state index contributed by atoms with van der Waals surface area (Å²) in [5.74, 6) is 1.87. The minimum atomic E-state index is -0.362. The first kappa shape index (κ1) is 18.1. The number of carbonyl (C=O) groups excluding carboxylic acids is 1. The predicted octanol–water partition coefficient (Wildman–Crippen LogP) is 3.73. The van der Waals surface area contributed by atoms with Crippen LogP contribution in [0.4, 0.5) is 5.69 Å². The lowest BCUT2D eigenvalue weighted by Crippen LogP contribution is -2.33. The summed E-state index contributed by atoms with van der Waals surface area (Å²) in [4.78, 5) is 12.6. The lowest BCUT2D eigenvalue weighted by molar-refractivity contribution is 0.0759. The van der Waals surface area contributed by atoms with Crippen LogP contribution < -0.4 is 19.5 Å². The van der Waals surface area contributed by atoms with Gasteiger partial charge in [0.25, 0.3) is 5.91 Å². The van der Waals surface area contributed by atoms with Gasteiger partial charge in [-0.2, -0.15) is 5.10 Å². The van der Waals surface area contributed by atoms with Crippen LogP contribution in [-0.4, -0.2) is 35.5 Å². The standard InChI is InChI=1S/C22H19N3O5/c1-27-19-8-4-5-14-9-20(30-21(14)19)22(26)24-15-10-23-25(11-15)12-16-13-28-17-6-2-3-7-18(17)29-16/h2-11,16H,12-13H2,1H3,(H,24,26)/t16-/m1/s1. The molecule has 0 radical (unpaired) electrons. The van der Waals surface area contributed by atoms with E-state index in [1.165, 1.54) is 0 Å². The van der Waals surface area contributed by atoms with Crippen LogP contribution in [0.2, 0.25) is 0 Å². The summed E-state index contributed by atoms with van der Waals surface area (Å²) in [5.41, 5.74) is 1.10. The summed E-state index contributed by atoms with van der Waals surface area (Å²) in [6.07, 6.45) is 3.15. The van der Waals surface area contributed by atoms with E-state index in [1.54, 1.807) is 36.3 Å². The molecule has 0 spiro atoms. The van der Waals surface area contributed by atoms with Gasteiger partial charge in [-0.15, -0.1) is 0 Å². The van der Waals surface area contributed by atoms with Gasteiger partial charge in [0, 0.05) is 11.6 Å². The SMILES string of the molecule is COc1cccc2cc(C(=O)Nc3cnn(C[C@@H]4COc5ccccc5O4)c3)oc12. The minimum absolute atomic E-state index is 0.175. The lowest BCUT2D eigenvalue weighted by Gasteiger charge is -2.26. The van der Waals surface area contributed by atoms with Crippen molar-refractivity contribution in [2.45, 2.75) is 12.6 Å². The van der Waals surface area contributed by atoms with Crippen molar-refractivity contribution in [2.24, 2.45) is 0 Å². The summed E-state index contributed by atoms with van der Waals surface area (Å²) in [6, 6.07) is 14.7. The van der Waals surface area contributed by atoms with E-state index in [4.69, 9.17) is 18.6 Å². The highest BCUT2D eigenvalue weighted by Gasteiger charge is 2.22. The Balaban J connectivity index is 1.26. The molecule has 1 atom stereocenters. The Kier molecular flexibility index (Phi) is 4.51. The maximum atomic E-state index is 12.6. The van der Waals surface area contributed by atoms with Gasteiger partial charge in [0.05, 0.1) is 25.5 Å². The zero-order valence-corrected chi connectivity index (χ0v) is 16.2. The van der Waals surface area contributed by atoms with Gasteiger partial charge < -0.3 is 23.9 Å². The molecule has 2 aromatic carbocycles. The molecular formula is C22H19N3O5. The fraction of sp³-hybridized carbons (Fsp3) is 0.182. The lowest BCUT2D eigenvalue weighted by atomic mass is 10.2. The van der Waals surface area contributed by atoms with E-state index >= 15 is 0 Å². The third-order valence-electron chi connectivity index (χ3n) is 4.80. The Bertz CT molecular complexity index is 1210. The molecule has 4 aromatic rings. The molecule has 8 nitrogen and oxygen atoms in total. The number of ether oxygens (including phenoxy) is 3. The van der Waals surface area contributed by atoms with Crippen molar-refractivity contribution in [2.75, 3.05) is 19.0 Å². The van der Waals surface area contributed by atoms with Crippen LogP contribution in [0.3, 0.4) is 0 Å². The van der Waals surface area contributed by atoms with E-state index in [-0.39, 0.29) is 17.8 Å². The number of methoxy groups -OCH3 is 1. The van der Waals surface area contributed by atoms with Crippen molar-refractivity contribution in [3.05, 3.63) is 66.7 Å². The number of fused-ring (bicyclic) bond motifs is 2. The molecule has 30 heavy (non-hydrogen) atoms. The minimum Gasteiger partial charge on any atom is -0.493 e.